The van der Waals surface area contributed by atoms with Gasteiger partial charge in [-0.2, -0.15) is 5.26 Å². The van der Waals surface area contributed by atoms with Gasteiger partial charge in [0.15, 0.2) is 0 Å². The molecule has 1 unspecified atom stereocenters. The van der Waals surface area contributed by atoms with Crippen molar-refractivity contribution in [2.45, 2.75) is 25.7 Å². The summed E-state index contributed by atoms with van der Waals surface area (Å²) in [7, 11) is 1.65. The number of nitrogens with zero attached hydrogens (tertiary/aromatic N) is 1. The number of alkyl halides is 1. The molecule has 0 N–H and O–H groups in total. The molecule has 0 amide bonds. The number of halogens is 1. The van der Waals surface area contributed by atoms with Crippen LogP contribution in [0.5, 0.6) is 0 Å². The lowest BCUT2D eigenvalue weighted by Crippen LogP contribution is -1.98. The Labute approximate surface area is 87.7 Å². The summed E-state index contributed by atoms with van der Waals surface area (Å²) in [4.78, 5) is 0. The lowest BCUT2D eigenvalue weighted by molar-refractivity contribution is 0.281. The number of hydrogen-bond donors (Lipinski definition) is 0. The van der Waals surface area contributed by atoms with E-state index in [0.29, 0.717) is 5.92 Å². The van der Waals surface area contributed by atoms with Gasteiger partial charge in [0.25, 0.3) is 0 Å². The molecule has 0 radical (unpaired) electrons. The largest absolute Gasteiger partial charge is 0.500 e. The molecule has 13 heavy (non-hydrogen) atoms. The summed E-state index contributed by atoms with van der Waals surface area (Å²) in [6.07, 6.45) is 4.25. The first-order valence-electron chi connectivity index (χ1n) is 4.56. The van der Waals surface area contributed by atoms with E-state index in [1.165, 1.54) is 0 Å². The van der Waals surface area contributed by atoms with Crippen LogP contribution in [-0.2, 0) is 4.74 Å². The molecule has 0 aliphatic heterocycles. The van der Waals surface area contributed by atoms with E-state index in [-0.39, 0.29) is 0 Å². The molecule has 0 aromatic carbocycles. The first-order chi connectivity index (χ1) is 6.33. The van der Waals surface area contributed by atoms with Crippen LogP contribution in [0.1, 0.15) is 25.7 Å². The van der Waals surface area contributed by atoms with Gasteiger partial charge in [0.2, 0.25) is 0 Å². The van der Waals surface area contributed by atoms with Crippen LogP contribution < -0.4 is 0 Å². The molecule has 72 valence electrons. The number of nitriles is 1. The van der Waals surface area contributed by atoms with Crippen LogP contribution >= 0.6 is 15.9 Å². The van der Waals surface area contributed by atoms with E-state index in [1.54, 1.807) is 7.11 Å². The molecule has 0 bridgehead atoms. The van der Waals surface area contributed by atoms with Crippen molar-refractivity contribution in [3.63, 3.8) is 0 Å². The van der Waals surface area contributed by atoms with E-state index in [2.05, 4.69) is 22.0 Å². The Hall–Kier alpha value is -0.490. The summed E-state index contributed by atoms with van der Waals surface area (Å²) in [5.41, 5.74) is 0.878. The predicted octanol–water partition coefficient (Wildman–Crippen LogP) is 3.00. The average molecular weight is 244 g/mol. The zero-order valence-electron chi connectivity index (χ0n) is 7.85. The van der Waals surface area contributed by atoms with Crippen molar-refractivity contribution >= 4 is 15.9 Å². The fourth-order valence-corrected chi connectivity index (χ4v) is 2.11. The second-order valence-corrected chi connectivity index (χ2v) is 4.01. The molecule has 0 spiro atoms. The highest BCUT2D eigenvalue weighted by Gasteiger charge is 2.25. The van der Waals surface area contributed by atoms with Crippen molar-refractivity contribution in [2.24, 2.45) is 5.92 Å². The summed E-state index contributed by atoms with van der Waals surface area (Å²) in [5, 5.41) is 9.96. The molecular formula is C10H14BrNO. The van der Waals surface area contributed by atoms with Gasteiger partial charge in [0.1, 0.15) is 5.76 Å². The van der Waals surface area contributed by atoms with E-state index in [1.807, 2.05) is 0 Å². The van der Waals surface area contributed by atoms with Crippen molar-refractivity contribution in [3.8, 4) is 6.07 Å². The first-order valence-corrected chi connectivity index (χ1v) is 5.68. The Morgan fingerprint density at radius 2 is 2.46 bits per heavy atom. The molecule has 1 aliphatic rings. The van der Waals surface area contributed by atoms with E-state index < -0.39 is 0 Å². The smallest absolute Gasteiger partial charge is 0.109 e. The zero-order chi connectivity index (χ0) is 9.68. The van der Waals surface area contributed by atoms with Crippen LogP contribution in [0.4, 0.5) is 0 Å². The summed E-state index contributed by atoms with van der Waals surface area (Å²) in [6.45, 7) is 0. The van der Waals surface area contributed by atoms with E-state index >= 15 is 0 Å². The van der Waals surface area contributed by atoms with Crippen LogP contribution in [-0.4, -0.2) is 12.4 Å². The minimum Gasteiger partial charge on any atom is -0.500 e. The van der Waals surface area contributed by atoms with Gasteiger partial charge in [0, 0.05) is 11.8 Å². The highest BCUT2D eigenvalue weighted by molar-refractivity contribution is 9.09. The van der Waals surface area contributed by atoms with E-state index in [9.17, 15) is 0 Å². The van der Waals surface area contributed by atoms with Crippen molar-refractivity contribution in [3.05, 3.63) is 11.3 Å². The van der Waals surface area contributed by atoms with Crippen LogP contribution in [0.3, 0.4) is 0 Å². The van der Waals surface area contributed by atoms with Gasteiger partial charge in [-0.1, -0.05) is 15.9 Å². The Morgan fingerprint density at radius 1 is 1.69 bits per heavy atom. The normalized spacial score (nSPS) is 21.8. The van der Waals surface area contributed by atoms with Crippen molar-refractivity contribution in [1.82, 2.24) is 0 Å². The number of allylic oxidation sites excluding steroid dienone is 2. The molecule has 1 atom stereocenters. The van der Waals surface area contributed by atoms with Crippen molar-refractivity contribution in [2.75, 3.05) is 12.4 Å². The van der Waals surface area contributed by atoms with Crippen molar-refractivity contribution < 1.29 is 4.74 Å². The third-order valence-electron chi connectivity index (χ3n) is 2.48. The fraction of sp³-hybridized carbons (Fsp3) is 0.700. The quantitative estimate of drug-likeness (QED) is 0.712. The molecule has 1 aliphatic carbocycles. The summed E-state index contributed by atoms with van der Waals surface area (Å²) >= 11 is 3.40. The Bertz CT molecular complexity index is 242. The maximum Gasteiger partial charge on any atom is 0.109 e. The Morgan fingerprint density at radius 3 is 3.00 bits per heavy atom. The monoisotopic (exact) mass is 243 g/mol. The van der Waals surface area contributed by atoms with Crippen LogP contribution in [0.25, 0.3) is 0 Å². The number of methoxy groups -OCH3 is 1. The third-order valence-corrected chi connectivity index (χ3v) is 3.04. The molecule has 0 heterocycles. The molecule has 1 rings (SSSR count). The SMILES string of the molecule is COC1=C(C#N)C(CCCBr)CC1. The zero-order valence-corrected chi connectivity index (χ0v) is 9.43. The lowest BCUT2D eigenvalue weighted by Gasteiger charge is -2.07. The summed E-state index contributed by atoms with van der Waals surface area (Å²) < 4.78 is 5.17. The van der Waals surface area contributed by atoms with Crippen LogP contribution in [0.15, 0.2) is 11.3 Å². The Balaban J connectivity index is 2.59. The molecule has 2 nitrogen and oxygen atoms in total. The molecular weight excluding hydrogens is 230 g/mol. The van der Waals surface area contributed by atoms with Gasteiger partial charge in [-0.25, -0.2) is 0 Å². The standard InChI is InChI=1S/C10H14BrNO/c1-13-10-5-4-8(3-2-6-11)9(10)7-12/h8H,2-6H2,1H3. The van der Waals surface area contributed by atoms with Crippen LogP contribution in [0, 0.1) is 17.2 Å². The van der Waals surface area contributed by atoms with Crippen LogP contribution in [0.2, 0.25) is 0 Å². The highest BCUT2D eigenvalue weighted by atomic mass is 79.9. The number of ether oxygens (including phenoxy) is 1. The maximum atomic E-state index is 8.94. The summed E-state index contributed by atoms with van der Waals surface area (Å²) in [6, 6.07) is 2.26. The molecule has 3 heteroatoms. The highest BCUT2D eigenvalue weighted by Crippen LogP contribution is 2.34. The van der Waals surface area contributed by atoms with E-state index in [0.717, 1.165) is 42.3 Å². The summed E-state index contributed by atoms with van der Waals surface area (Å²) in [5.74, 6) is 1.35. The van der Waals surface area contributed by atoms with Gasteiger partial charge < -0.3 is 4.74 Å². The number of rotatable bonds is 4. The third kappa shape index (κ3) is 2.47. The minimum atomic E-state index is 0.442. The second-order valence-electron chi connectivity index (χ2n) is 3.22. The van der Waals surface area contributed by atoms with Gasteiger partial charge in [-0.15, -0.1) is 0 Å². The average Bonchev–Trinajstić information content (AvgIpc) is 2.56. The molecule has 0 fully saturated rings. The van der Waals surface area contributed by atoms with Gasteiger partial charge in [-0.3, -0.25) is 0 Å². The number of hydrogen-bond acceptors (Lipinski definition) is 2. The van der Waals surface area contributed by atoms with Gasteiger partial charge in [0.05, 0.1) is 18.8 Å². The maximum absolute atomic E-state index is 8.94. The fourth-order valence-electron chi connectivity index (χ4n) is 1.79. The van der Waals surface area contributed by atoms with Gasteiger partial charge >= 0.3 is 0 Å². The second kappa shape index (κ2) is 5.29. The van der Waals surface area contributed by atoms with E-state index in [4.69, 9.17) is 10.00 Å². The minimum absolute atomic E-state index is 0.442. The molecule has 0 aromatic heterocycles. The molecule has 0 aromatic rings. The predicted molar refractivity (Wildman–Crippen MR) is 55.4 cm³/mol. The molecule has 0 saturated carbocycles. The van der Waals surface area contributed by atoms with Gasteiger partial charge in [-0.05, 0) is 25.2 Å². The lowest BCUT2D eigenvalue weighted by atomic mass is 9.97. The topological polar surface area (TPSA) is 33.0 Å². The Kier molecular flexibility index (Phi) is 4.31. The van der Waals surface area contributed by atoms with Crippen molar-refractivity contribution in [1.29, 1.82) is 5.26 Å². The molecule has 0 saturated heterocycles. The first kappa shape index (κ1) is 10.6.